The van der Waals surface area contributed by atoms with Gasteiger partial charge in [-0.15, -0.1) is 0 Å². The van der Waals surface area contributed by atoms with Crippen molar-refractivity contribution in [3.8, 4) is 0 Å². The molecular formula is C14H26N2O2S. The Hall–Kier alpha value is -0.130. The Bertz CT molecular complexity index is 429. The first kappa shape index (κ1) is 13.8. The van der Waals surface area contributed by atoms with Crippen LogP contribution in [0.1, 0.15) is 51.4 Å². The Labute approximate surface area is 117 Å². The van der Waals surface area contributed by atoms with E-state index in [4.69, 9.17) is 0 Å². The van der Waals surface area contributed by atoms with Crippen molar-refractivity contribution in [2.45, 2.75) is 63.5 Å². The lowest BCUT2D eigenvalue weighted by molar-refractivity contribution is 0.0569. The van der Waals surface area contributed by atoms with Crippen LogP contribution in [0.4, 0.5) is 0 Å². The van der Waals surface area contributed by atoms with Crippen LogP contribution in [0.5, 0.6) is 0 Å². The van der Waals surface area contributed by atoms with E-state index < -0.39 is 10.0 Å². The summed E-state index contributed by atoms with van der Waals surface area (Å²) in [6.07, 6.45) is 11.7. The molecule has 2 unspecified atom stereocenters. The molecule has 1 N–H and O–H groups in total. The van der Waals surface area contributed by atoms with E-state index in [1.54, 1.807) is 4.31 Å². The van der Waals surface area contributed by atoms with Gasteiger partial charge >= 0.3 is 0 Å². The molecule has 0 aromatic heterocycles. The van der Waals surface area contributed by atoms with Crippen molar-refractivity contribution in [2.75, 3.05) is 19.3 Å². The Morgan fingerprint density at radius 2 is 1.84 bits per heavy atom. The summed E-state index contributed by atoms with van der Waals surface area (Å²) in [6, 6.07) is 1.02. The molecule has 0 radical (unpaired) electrons. The summed E-state index contributed by atoms with van der Waals surface area (Å²) in [5.41, 5.74) is 0.577. The average molecular weight is 286 g/mol. The SMILES string of the molecule is CS(=O)(=O)N1CCCC(NC2CCC23CCCC3)C1. The van der Waals surface area contributed by atoms with Crippen molar-refractivity contribution in [2.24, 2.45) is 5.41 Å². The van der Waals surface area contributed by atoms with E-state index in [9.17, 15) is 8.42 Å². The minimum atomic E-state index is -3.02. The second kappa shape index (κ2) is 5.01. The number of hydrogen-bond donors (Lipinski definition) is 1. The van der Waals surface area contributed by atoms with Crippen LogP contribution in [0.25, 0.3) is 0 Å². The molecule has 1 spiro atoms. The first-order chi connectivity index (χ1) is 9.00. The van der Waals surface area contributed by atoms with Gasteiger partial charge in [0.15, 0.2) is 0 Å². The number of piperidine rings is 1. The molecule has 5 heteroatoms. The normalized spacial score (nSPS) is 35.4. The molecule has 3 fully saturated rings. The van der Waals surface area contributed by atoms with Gasteiger partial charge in [-0.3, -0.25) is 0 Å². The lowest BCUT2D eigenvalue weighted by Crippen LogP contribution is -2.58. The van der Waals surface area contributed by atoms with Gasteiger partial charge < -0.3 is 5.32 Å². The third kappa shape index (κ3) is 2.69. The summed E-state index contributed by atoms with van der Waals surface area (Å²) >= 11 is 0. The van der Waals surface area contributed by atoms with Gasteiger partial charge in [0.25, 0.3) is 0 Å². The quantitative estimate of drug-likeness (QED) is 0.859. The number of sulfonamides is 1. The van der Waals surface area contributed by atoms with E-state index >= 15 is 0 Å². The Balaban J connectivity index is 1.58. The smallest absolute Gasteiger partial charge is 0.211 e. The van der Waals surface area contributed by atoms with Gasteiger partial charge in [0.2, 0.25) is 10.0 Å². The predicted molar refractivity (Wildman–Crippen MR) is 76.5 cm³/mol. The fraction of sp³-hybridized carbons (Fsp3) is 1.00. The standard InChI is InChI=1S/C14H26N2O2S/c1-19(17,18)16-10-4-5-12(11-16)15-13-6-9-14(13)7-2-3-8-14/h12-13,15H,2-11H2,1H3. The molecule has 0 bridgehead atoms. The molecule has 2 aliphatic carbocycles. The molecule has 0 amide bonds. The van der Waals surface area contributed by atoms with E-state index in [0.29, 0.717) is 30.6 Å². The van der Waals surface area contributed by atoms with Crippen LogP contribution in [0, 0.1) is 5.41 Å². The predicted octanol–water partition coefficient (Wildman–Crippen LogP) is 1.72. The second-order valence-corrected chi connectivity index (χ2v) is 8.77. The fourth-order valence-corrected chi connectivity index (χ4v) is 5.21. The highest BCUT2D eigenvalue weighted by Gasteiger charge is 2.48. The first-order valence-electron chi connectivity index (χ1n) is 7.71. The zero-order valence-electron chi connectivity index (χ0n) is 11.9. The van der Waals surface area contributed by atoms with Crippen LogP contribution in [-0.2, 0) is 10.0 Å². The van der Waals surface area contributed by atoms with Crippen LogP contribution in [0.3, 0.4) is 0 Å². The van der Waals surface area contributed by atoms with Crippen LogP contribution in [-0.4, -0.2) is 44.2 Å². The minimum absolute atomic E-state index is 0.367. The Morgan fingerprint density at radius 3 is 2.42 bits per heavy atom. The van der Waals surface area contributed by atoms with Gasteiger partial charge in [-0.05, 0) is 43.9 Å². The Kier molecular flexibility index (Phi) is 3.65. The van der Waals surface area contributed by atoms with Crippen molar-refractivity contribution in [1.82, 2.24) is 9.62 Å². The number of nitrogens with one attached hydrogen (secondary N) is 1. The summed E-state index contributed by atoms with van der Waals surface area (Å²) in [5.74, 6) is 0. The molecular weight excluding hydrogens is 260 g/mol. The fourth-order valence-electron chi connectivity index (χ4n) is 4.30. The largest absolute Gasteiger partial charge is 0.309 e. The maximum Gasteiger partial charge on any atom is 0.211 e. The highest BCUT2D eigenvalue weighted by molar-refractivity contribution is 7.88. The maximum absolute atomic E-state index is 11.6. The second-order valence-electron chi connectivity index (χ2n) is 6.79. The molecule has 0 aromatic carbocycles. The van der Waals surface area contributed by atoms with Crippen LogP contribution < -0.4 is 5.32 Å². The van der Waals surface area contributed by atoms with E-state index in [-0.39, 0.29) is 0 Å². The highest BCUT2D eigenvalue weighted by atomic mass is 32.2. The molecule has 1 saturated heterocycles. The molecule has 1 aliphatic heterocycles. The van der Waals surface area contributed by atoms with Gasteiger partial charge in [0.1, 0.15) is 0 Å². The molecule has 1 heterocycles. The summed E-state index contributed by atoms with van der Waals surface area (Å²) in [7, 11) is -3.02. The minimum Gasteiger partial charge on any atom is -0.309 e. The molecule has 4 nitrogen and oxygen atoms in total. The van der Waals surface area contributed by atoms with Crippen molar-refractivity contribution < 1.29 is 8.42 Å². The lowest BCUT2D eigenvalue weighted by atomic mass is 9.63. The van der Waals surface area contributed by atoms with Crippen LogP contribution in [0.15, 0.2) is 0 Å². The molecule has 2 saturated carbocycles. The van der Waals surface area contributed by atoms with E-state index in [2.05, 4.69) is 5.32 Å². The van der Waals surface area contributed by atoms with Crippen LogP contribution >= 0.6 is 0 Å². The monoisotopic (exact) mass is 286 g/mol. The molecule has 19 heavy (non-hydrogen) atoms. The zero-order chi connectivity index (χ0) is 13.5. The van der Waals surface area contributed by atoms with E-state index in [0.717, 1.165) is 12.8 Å². The number of nitrogens with zero attached hydrogens (tertiary/aromatic N) is 1. The van der Waals surface area contributed by atoms with Gasteiger partial charge in [-0.2, -0.15) is 0 Å². The summed E-state index contributed by atoms with van der Waals surface area (Å²) in [6.45, 7) is 1.37. The lowest BCUT2D eigenvalue weighted by Gasteiger charge is -2.50. The highest BCUT2D eigenvalue weighted by Crippen LogP contribution is 2.53. The molecule has 110 valence electrons. The van der Waals surface area contributed by atoms with E-state index in [1.807, 2.05) is 0 Å². The third-order valence-corrected chi connectivity index (χ3v) is 6.83. The zero-order valence-corrected chi connectivity index (χ0v) is 12.7. The van der Waals surface area contributed by atoms with Gasteiger partial charge in [-0.1, -0.05) is 12.8 Å². The average Bonchev–Trinajstić information content (AvgIpc) is 2.86. The molecule has 0 aromatic rings. The van der Waals surface area contributed by atoms with Crippen LogP contribution in [0.2, 0.25) is 0 Å². The van der Waals surface area contributed by atoms with Crippen molar-refractivity contribution in [3.05, 3.63) is 0 Å². The molecule has 3 rings (SSSR count). The van der Waals surface area contributed by atoms with E-state index in [1.165, 1.54) is 44.8 Å². The summed E-state index contributed by atoms with van der Waals surface area (Å²) < 4.78 is 24.9. The van der Waals surface area contributed by atoms with Gasteiger partial charge in [0.05, 0.1) is 6.26 Å². The Morgan fingerprint density at radius 1 is 1.11 bits per heavy atom. The maximum atomic E-state index is 11.6. The van der Waals surface area contributed by atoms with Crippen molar-refractivity contribution in [1.29, 1.82) is 0 Å². The third-order valence-electron chi connectivity index (χ3n) is 5.56. The summed E-state index contributed by atoms with van der Waals surface area (Å²) in [4.78, 5) is 0. The molecule has 2 atom stereocenters. The first-order valence-corrected chi connectivity index (χ1v) is 9.56. The van der Waals surface area contributed by atoms with Gasteiger partial charge in [-0.25, -0.2) is 12.7 Å². The topological polar surface area (TPSA) is 49.4 Å². The van der Waals surface area contributed by atoms with Gasteiger partial charge in [0, 0.05) is 25.2 Å². The summed E-state index contributed by atoms with van der Waals surface area (Å²) in [5, 5.41) is 3.78. The number of hydrogen-bond acceptors (Lipinski definition) is 3. The molecule has 3 aliphatic rings. The number of rotatable bonds is 3. The van der Waals surface area contributed by atoms with Crippen molar-refractivity contribution in [3.63, 3.8) is 0 Å². The van der Waals surface area contributed by atoms with Crippen molar-refractivity contribution >= 4 is 10.0 Å².